The summed E-state index contributed by atoms with van der Waals surface area (Å²) in [4.78, 5) is 4.06. The predicted octanol–water partition coefficient (Wildman–Crippen LogP) is 2.85. The minimum Gasteiger partial charge on any atom is -0.397 e. The summed E-state index contributed by atoms with van der Waals surface area (Å²) in [6, 6.07) is 9.72. The lowest BCUT2D eigenvalue weighted by Crippen LogP contribution is -2.11. The molecule has 0 fully saturated rings. The molecular formula is C14H13FN4. The van der Waals surface area contributed by atoms with Crippen LogP contribution in [-0.4, -0.2) is 4.98 Å². The van der Waals surface area contributed by atoms with Gasteiger partial charge in [-0.2, -0.15) is 5.26 Å². The number of pyridine rings is 1. The molecule has 5 heteroatoms. The second kappa shape index (κ2) is 5.36. The van der Waals surface area contributed by atoms with Crippen LogP contribution in [0.3, 0.4) is 0 Å². The molecule has 1 heterocycles. The quantitative estimate of drug-likeness (QED) is 0.885. The van der Waals surface area contributed by atoms with Crippen molar-refractivity contribution >= 4 is 11.5 Å². The maximum atomic E-state index is 13.6. The lowest BCUT2D eigenvalue weighted by atomic mass is 10.1. The highest BCUT2D eigenvalue weighted by atomic mass is 19.1. The lowest BCUT2D eigenvalue weighted by molar-refractivity contribution is 0.600. The number of aromatic nitrogens is 1. The Labute approximate surface area is 110 Å². The molecule has 1 aromatic heterocycles. The van der Waals surface area contributed by atoms with Crippen molar-refractivity contribution in [1.29, 1.82) is 5.26 Å². The number of hydrogen-bond acceptors (Lipinski definition) is 4. The van der Waals surface area contributed by atoms with Crippen LogP contribution in [0.25, 0.3) is 0 Å². The van der Waals surface area contributed by atoms with Crippen LogP contribution >= 0.6 is 0 Å². The number of rotatable bonds is 3. The first kappa shape index (κ1) is 12.8. The van der Waals surface area contributed by atoms with E-state index < -0.39 is 0 Å². The third kappa shape index (κ3) is 2.80. The van der Waals surface area contributed by atoms with Crippen LogP contribution in [0, 0.1) is 17.1 Å². The summed E-state index contributed by atoms with van der Waals surface area (Å²) in [7, 11) is 0. The highest BCUT2D eigenvalue weighted by molar-refractivity contribution is 5.58. The summed E-state index contributed by atoms with van der Waals surface area (Å²) < 4.78 is 13.6. The number of nitrogens with one attached hydrogen (secondary N) is 1. The molecule has 0 radical (unpaired) electrons. The van der Waals surface area contributed by atoms with Crippen LogP contribution in [0.4, 0.5) is 15.9 Å². The van der Waals surface area contributed by atoms with Crippen LogP contribution in [-0.2, 0) is 0 Å². The summed E-state index contributed by atoms with van der Waals surface area (Å²) >= 11 is 0. The van der Waals surface area contributed by atoms with Gasteiger partial charge < -0.3 is 11.1 Å². The molecule has 1 unspecified atom stereocenters. The average molecular weight is 256 g/mol. The van der Waals surface area contributed by atoms with E-state index in [1.54, 1.807) is 25.1 Å². The minimum absolute atomic E-state index is 0.295. The first-order valence-corrected chi connectivity index (χ1v) is 5.78. The molecule has 3 N–H and O–H groups in total. The Morgan fingerprint density at radius 3 is 2.84 bits per heavy atom. The molecular weight excluding hydrogens is 243 g/mol. The molecule has 0 saturated heterocycles. The van der Waals surface area contributed by atoms with Gasteiger partial charge in [0, 0.05) is 5.56 Å². The number of nitriles is 1. The molecule has 0 aliphatic rings. The zero-order valence-corrected chi connectivity index (χ0v) is 10.4. The van der Waals surface area contributed by atoms with E-state index in [1.807, 2.05) is 6.07 Å². The molecule has 19 heavy (non-hydrogen) atoms. The fourth-order valence-corrected chi connectivity index (χ4v) is 1.79. The maximum Gasteiger partial charge on any atom is 0.144 e. The van der Waals surface area contributed by atoms with Crippen LogP contribution in [0.2, 0.25) is 0 Å². The monoisotopic (exact) mass is 256 g/mol. The van der Waals surface area contributed by atoms with Crippen molar-refractivity contribution < 1.29 is 4.39 Å². The Morgan fingerprint density at radius 1 is 1.42 bits per heavy atom. The first-order valence-electron chi connectivity index (χ1n) is 5.78. The van der Waals surface area contributed by atoms with Crippen molar-refractivity contribution in [3.63, 3.8) is 0 Å². The van der Waals surface area contributed by atoms with Crippen molar-refractivity contribution in [2.24, 2.45) is 0 Å². The third-order valence-corrected chi connectivity index (χ3v) is 2.75. The fraction of sp³-hybridized carbons (Fsp3) is 0.143. The number of nitrogens with zero attached hydrogens (tertiary/aromatic N) is 2. The van der Waals surface area contributed by atoms with Gasteiger partial charge in [-0.25, -0.2) is 9.37 Å². The number of nitrogen functional groups attached to an aromatic ring is 1. The van der Waals surface area contributed by atoms with Gasteiger partial charge >= 0.3 is 0 Å². The Kier molecular flexibility index (Phi) is 3.62. The number of halogens is 1. The van der Waals surface area contributed by atoms with E-state index in [0.717, 1.165) is 0 Å². The SMILES string of the molecule is CC(Nc1ncc(N)cc1C#N)c1ccccc1F. The molecule has 1 atom stereocenters. The van der Waals surface area contributed by atoms with Crippen molar-refractivity contribution in [3.05, 3.63) is 53.5 Å². The predicted molar refractivity (Wildman–Crippen MR) is 71.8 cm³/mol. The van der Waals surface area contributed by atoms with E-state index in [-0.39, 0.29) is 11.9 Å². The summed E-state index contributed by atoms with van der Waals surface area (Å²) in [5.74, 6) is 0.101. The summed E-state index contributed by atoms with van der Waals surface area (Å²) in [5, 5.41) is 12.0. The summed E-state index contributed by atoms with van der Waals surface area (Å²) in [6.07, 6.45) is 1.46. The van der Waals surface area contributed by atoms with E-state index in [1.165, 1.54) is 18.3 Å². The van der Waals surface area contributed by atoms with E-state index in [2.05, 4.69) is 10.3 Å². The molecule has 0 amide bonds. The maximum absolute atomic E-state index is 13.6. The zero-order chi connectivity index (χ0) is 13.8. The van der Waals surface area contributed by atoms with E-state index in [9.17, 15) is 4.39 Å². The van der Waals surface area contributed by atoms with Gasteiger partial charge in [0.15, 0.2) is 0 Å². The smallest absolute Gasteiger partial charge is 0.144 e. The Balaban J connectivity index is 2.27. The number of hydrogen-bond donors (Lipinski definition) is 2. The molecule has 0 bridgehead atoms. The molecule has 4 nitrogen and oxygen atoms in total. The van der Waals surface area contributed by atoms with Crippen LogP contribution < -0.4 is 11.1 Å². The molecule has 2 rings (SSSR count). The van der Waals surface area contributed by atoms with Crippen molar-refractivity contribution in [3.8, 4) is 6.07 Å². The van der Waals surface area contributed by atoms with Gasteiger partial charge in [-0.3, -0.25) is 0 Å². The van der Waals surface area contributed by atoms with Crippen molar-refractivity contribution in [2.45, 2.75) is 13.0 Å². The average Bonchev–Trinajstić information content (AvgIpc) is 2.41. The topological polar surface area (TPSA) is 74.7 Å². The standard InChI is InChI=1S/C14H13FN4/c1-9(12-4-2-3-5-13(12)15)19-14-10(7-16)6-11(17)8-18-14/h2-6,8-9H,17H2,1H3,(H,18,19). The Morgan fingerprint density at radius 2 is 2.16 bits per heavy atom. The molecule has 0 aliphatic carbocycles. The Hall–Kier alpha value is -2.61. The van der Waals surface area contributed by atoms with Gasteiger partial charge in [0.1, 0.15) is 17.7 Å². The van der Waals surface area contributed by atoms with Crippen molar-refractivity contribution in [2.75, 3.05) is 11.1 Å². The van der Waals surface area contributed by atoms with Crippen LogP contribution in [0.15, 0.2) is 36.5 Å². The zero-order valence-electron chi connectivity index (χ0n) is 10.4. The first-order chi connectivity index (χ1) is 9.11. The normalized spacial score (nSPS) is 11.6. The number of benzene rings is 1. The number of nitrogens with two attached hydrogens (primary N) is 1. The van der Waals surface area contributed by atoms with Crippen LogP contribution in [0.1, 0.15) is 24.1 Å². The lowest BCUT2D eigenvalue weighted by Gasteiger charge is -2.16. The summed E-state index contributed by atoms with van der Waals surface area (Å²) in [6.45, 7) is 1.80. The molecule has 0 spiro atoms. The fourth-order valence-electron chi connectivity index (χ4n) is 1.79. The molecule has 0 saturated carbocycles. The van der Waals surface area contributed by atoms with Gasteiger partial charge in [0.05, 0.1) is 23.5 Å². The second-order valence-corrected chi connectivity index (χ2v) is 4.16. The van der Waals surface area contributed by atoms with E-state index in [0.29, 0.717) is 22.6 Å². The molecule has 96 valence electrons. The third-order valence-electron chi connectivity index (χ3n) is 2.75. The van der Waals surface area contributed by atoms with E-state index >= 15 is 0 Å². The number of anilines is 2. The van der Waals surface area contributed by atoms with Gasteiger partial charge in [0.25, 0.3) is 0 Å². The van der Waals surface area contributed by atoms with Gasteiger partial charge in [0.2, 0.25) is 0 Å². The molecule has 1 aromatic carbocycles. The highest BCUT2D eigenvalue weighted by Gasteiger charge is 2.12. The minimum atomic E-state index is -0.301. The Bertz CT molecular complexity index is 634. The van der Waals surface area contributed by atoms with Crippen LogP contribution in [0.5, 0.6) is 0 Å². The largest absolute Gasteiger partial charge is 0.397 e. The summed E-state index contributed by atoms with van der Waals surface area (Å²) in [5.41, 5.74) is 6.84. The van der Waals surface area contributed by atoms with Gasteiger partial charge in [-0.05, 0) is 19.1 Å². The van der Waals surface area contributed by atoms with Gasteiger partial charge in [-0.15, -0.1) is 0 Å². The van der Waals surface area contributed by atoms with Crippen molar-refractivity contribution in [1.82, 2.24) is 4.98 Å². The second-order valence-electron chi connectivity index (χ2n) is 4.16. The highest BCUT2D eigenvalue weighted by Crippen LogP contribution is 2.23. The van der Waals surface area contributed by atoms with Gasteiger partial charge in [-0.1, -0.05) is 18.2 Å². The molecule has 2 aromatic rings. The van der Waals surface area contributed by atoms with E-state index in [4.69, 9.17) is 11.0 Å². The molecule has 0 aliphatic heterocycles.